The Balaban J connectivity index is 4.14. The Morgan fingerprint density at radius 1 is 0.554 bits per heavy atom. The number of carbonyl (C=O) groups is 1. The van der Waals surface area contributed by atoms with Crippen molar-refractivity contribution >= 4 is 13.7 Å². The maximum atomic E-state index is 13.0. The van der Waals surface area contributed by atoms with Gasteiger partial charge in [0.2, 0.25) is 5.91 Å². The van der Waals surface area contributed by atoms with Crippen LogP contribution in [0.4, 0.5) is 0 Å². The molecule has 65 heavy (non-hydrogen) atoms. The molecule has 0 fully saturated rings. The average molecular weight is 935 g/mol. The number of allylic oxidation sites excluding steroid dienone is 8. The molecule has 8 nitrogen and oxygen atoms in total. The fraction of sp³-hybridized carbons (Fsp3) is 0.839. The first-order valence-electron chi connectivity index (χ1n) is 27.5. The van der Waals surface area contributed by atoms with Crippen molar-refractivity contribution in [1.29, 1.82) is 0 Å². The molecule has 0 aromatic rings. The van der Waals surface area contributed by atoms with E-state index in [9.17, 15) is 19.4 Å². The topological polar surface area (TPSA) is 108 Å². The molecule has 0 saturated carbocycles. The van der Waals surface area contributed by atoms with Crippen LogP contribution in [0.1, 0.15) is 251 Å². The van der Waals surface area contributed by atoms with E-state index in [0.29, 0.717) is 23.9 Å². The van der Waals surface area contributed by atoms with Gasteiger partial charge in [0.25, 0.3) is 7.82 Å². The number of aliphatic hydroxyl groups excluding tert-OH is 1. The quantitative estimate of drug-likeness (QED) is 0.0272. The van der Waals surface area contributed by atoms with Crippen LogP contribution < -0.4 is 10.2 Å². The summed E-state index contributed by atoms with van der Waals surface area (Å²) >= 11 is 0. The zero-order valence-corrected chi connectivity index (χ0v) is 44.3. The molecule has 3 unspecified atom stereocenters. The van der Waals surface area contributed by atoms with E-state index < -0.39 is 20.0 Å². The highest BCUT2D eigenvalue weighted by Crippen LogP contribution is 2.38. The summed E-state index contributed by atoms with van der Waals surface area (Å²) in [4.78, 5) is 25.5. The molecular formula is C56H107N2O6P. The molecule has 0 bridgehead atoms. The maximum Gasteiger partial charge on any atom is 0.268 e. The lowest BCUT2D eigenvalue weighted by atomic mass is 10.0. The number of unbranched alkanes of at least 4 members (excludes halogenated alkanes) is 29. The number of nitrogens with one attached hydrogen (secondary N) is 1. The number of phosphoric ester groups is 1. The Kier molecular flexibility index (Phi) is 46.4. The summed E-state index contributed by atoms with van der Waals surface area (Å²) in [7, 11) is 1.31. The second-order valence-corrected chi connectivity index (χ2v) is 21.3. The highest BCUT2D eigenvalue weighted by molar-refractivity contribution is 7.45. The minimum Gasteiger partial charge on any atom is -0.756 e. The van der Waals surface area contributed by atoms with Gasteiger partial charge in [0.15, 0.2) is 0 Å². The molecule has 9 heteroatoms. The Hall–Kier alpha value is -1.54. The fourth-order valence-electron chi connectivity index (χ4n) is 8.03. The Labute approximate surface area is 403 Å². The first-order valence-corrected chi connectivity index (χ1v) is 28.9. The molecule has 2 N–H and O–H groups in total. The van der Waals surface area contributed by atoms with Crippen molar-refractivity contribution in [2.45, 2.75) is 264 Å². The molecule has 0 spiro atoms. The summed E-state index contributed by atoms with van der Waals surface area (Å²) in [6.45, 7) is 4.63. The van der Waals surface area contributed by atoms with E-state index in [1.54, 1.807) is 0 Å². The van der Waals surface area contributed by atoms with Gasteiger partial charge in [0, 0.05) is 6.42 Å². The van der Waals surface area contributed by atoms with Gasteiger partial charge < -0.3 is 28.8 Å². The zero-order chi connectivity index (χ0) is 47.8. The monoisotopic (exact) mass is 935 g/mol. The van der Waals surface area contributed by atoms with Crippen molar-refractivity contribution in [3.05, 3.63) is 48.6 Å². The molecule has 0 aromatic heterocycles. The number of hydrogen-bond donors (Lipinski definition) is 2. The summed E-state index contributed by atoms with van der Waals surface area (Å²) in [5, 5.41) is 14.0. The second kappa shape index (κ2) is 47.5. The van der Waals surface area contributed by atoms with Crippen LogP contribution in [0.3, 0.4) is 0 Å². The molecule has 0 aliphatic rings. The molecule has 0 radical (unpaired) electrons. The standard InChI is InChI=1S/C56H107N2O6P/c1-6-8-10-12-14-16-18-20-22-24-25-26-27-28-29-30-31-32-33-34-36-38-40-42-44-46-48-50-56(60)57-54(53-64-65(61,62)63-52-51-58(3,4)5)55(59)49-47-45-43-41-39-37-35-23-21-19-17-15-13-11-9-7-2/h8,10,14,16,20,22,25-26,54-55,59H,6-7,9,11-13,15,17-19,21,23-24,27-53H2,1-5H3,(H-,57,60,61,62)/b10-8-,16-14-,22-20-,26-25-. The highest BCUT2D eigenvalue weighted by Gasteiger charge is 2.24. The normalized spacial score (nSPS) is 14.4. The van der Waals surface area contributed by atoms with Gasteiger partial charge in [-0.25, -0.2) is 0 Å². The van der Waals surface area contributed by atoms with E-state index in [1.807, 2.05) is 21.1 Å². The molecule has 0 aliphatic carbocycles. The summed E-state index contributed by atoms with van der Waals surface area (Å²) < 4.78 is 23.4. The second-order valence-electron chi connectivity index (χ2n) is 19.9. The number of phosphoric acid groups is 1. The van der Waals surface area contributed by atoms with Crippen LogP contribution in [0.5, 0.6) is 0 Å². The van der Waals surface area contributed by atoms with Gasteiger partial charge >= 0.3 is 0 Å². The van der Waals surface area contributed by atoms with Crippen molar-refractivity contribution in [3.63, 3.8) is 0 Å². The number of aliphatic hydroxyl groups is 1. The third kappa shape index (κ3) is 50.2. The number of nitrogens with zero attached hydrogens (tertiary/aromatic N) is 1. The number of rotatable bonds is 50. The number of amides is 1. The number of hydrogen-bond acceptors (Lipinski definition) is 6. The van der Waals surface area contributed by atoms with Crippen molar-refractivity contribution in [2.75, 3.05) is 40.9 Å². The first-order chi connectivity index (χ1) is 31.5. The van der Waals surface area contributed by atoms with E-state index in [-0.39, 0.29) is 19.1 Å². The molecule has 0 aromatic carbocycles. The maximum absolute atomic E-state index is 13.0. The van der Waals surface area contributed by atoms with E-state index >= 15 is 0 Å². The predicted octanol–water partition coefficient (Wildman–Crippen LogP) is 15.7. The first kappa shape index (κ1) is 63.5. The number of likely N-dealkylation sites (N-methyl/N-ethyl adjacent to an activating group) is 1. The molecule has 3 atom stereocenters. The van der Waals surface area contributed by atoms with E-state index in [1.165, 1.54) is 161 Å². The lowest BCUT2D eigenvalue weighted by molar-refractivity contribution is -0.870. The van der Waals surface area contributed by atoms with E-state index in [4.69, 9.17) is 9.05 Å². The minimum absolute atomic E-state index is 0.0119. The minimum atomic E-state index is -4.57. The summed E-state index contributed by atoms with van der Waals surface area (Å²) in [6, 6.07) is -0.801. The van der Waals surface area contributed by atoms with Crippen LogP contribution >= 0.6 is 7.82 Å². The summed E-state index contributed by atoms with van der Waals surface area (Å²) in [5.41, 5.74) is 0. The van der Waals surface area contributed by atoms with E-state index in [0.717, 1.165) is 64.2 Å². The van der Waals surface area contributed by atoms with Crippen molar-refractivity contribution < 1.29 is 32.9 Å². The van der Waals surface area contributed by atoms with Crippen LogP contribution in [-0.4, -0.2) is 68.5 Å². The molecule has 0 aliphatic heterocycles. The van der Waals surface area contributed by atoms with Crippen LogP contribution in [0.2, 0.25) is 0 Å². The predicted molar refractivity (Wildman–Crippen MR) is 279 cm³/mol. The molecule has 382 valence electrons. The van der Waals surface area contributed by atoms with Crippen LogP contribution in [0, 0.1) is 0 Å². The highest BCUT2D eigenvalue weighted by atomic mass is 31.2. The van der Waals surface area contributed by atoms with Gasteiger partial charge in [0.1, 0.15) is 13.2 Å². The van der Waals surface area contributed by atoms with Gasteiger partial charge in [-0.05, 0) is 51.4 Å². The van der Waals surface area contributed by atoms with Gasteiger partial charge in [-0.1, -0.05) is 242 Å². The van der Waals surface area contributed by atoms with Gasteiger partial charge in [0.05, 0.1) is 39.9 Å². The lowest BCUT2D eigenvalue weighted by Gasteiger charge is -2.30. The Bertz CT molecular complexity index is 1200. The molecule has 0 heterocycles. The number of quaternary nitrogens is 1. The molecule has 0 saturated heterocycles. The number of carbonyl (C=O) groups excluding carboxylic acids is 1. The van der Waals surface area contributed by atoms with Gasteiger partial charge in [-0.2, -0.15) is 0 Å². The molecular weight excluding hydrogens is 828 g/mol. The Morgan fingerprint density at radius 2 is 0.938 bits per heavy atom. The summed E-state index contributed by atoms with van der Waals surface area (Å²) in [5.74, 6) is -0.165. The fourth-order valence-corrected chi connectivity index (χ4v) is 8.76. The molecule has 1 amide bonds. The third-order valence-electron chi connectivity index (χ3n) is 12.3. The van der Waals surface area contributed by atoms with Gasteiger partial charge in [-0.15, -0.1) is 0 Å². The van der Waals surface area contributed by atoms with Crippen molar-refractivity contribution in [1.82, 2.24) is 5.32 Å². The van der Waals surface area contributed by atoms with Crippen LogP contribution in [0.25, 0.3) is 0 Å². The smallest absolute Gasteiger partial charge is 0.268 e. The largest absolute Gasteiger partial charge is 0.756 e. The summed E-state index contributed by atoms with van der Waals surface area (Å²) in [6.07, 6.45) is 61.3. The lowest BCUT2D eigenvalue weighted by Crippen LogP contribution is -2.46. The SMILES string of the molecule is CC/C=C\C/C=C\C/C=C\C/C=C\CCCCCCCCCCCCCCCCC(=O)NC(COP(=O)([O-])OCC[N+](C)(C)C)C(O)CCCCCCCCCCCCCCCCCC. The average Bonchev–Trinajstić information content (AvgIpc) is 3.26. The van der Waals surface area contributed by atoms with Crippen LogP contribution in [0.15, 0.2) is 48.6 Å². The van der Waals surface area contributed by atoms with E-state index in [2.05, 4.69) is 67.8 Å². The van der Waals surface area contributed by atoms with Gasteiger partial charge in [-0.3, -0.25) is 9.36 Å². The van der Waals surface area contributed by atoms with Crippen LogP contribution in [-0.2, 0) is 18.4 Å². The Morgan fingerprint density at radius 3 is 1.37 bits per heavy atom. The van der Waals surface area contributed by atoms with Crippen molar-refractivity contribution in [3.8, 4) is 0 Å². The zero-order valence-electron chi connectivity index (χ0n) is 43.4. The van der Waals surface area contributed by atoms with Crippen molar-refractivity contribution in [2.24, 2.45) is 0 Å². The molecule has 0 rings (SSSR count). The third-order valence-corrected chi connectivity index (χ3v) is 13.3.